The predicted octanol–water partition coefficient (Wildman–Crippen LogP) is 1.86. The van der Waals surface area contributed by atoms with Crippen molar-refractivity contribution in [2.75, 3.05) is 5.73 Å². The number of para-hydroxylation sites is 1. The molecule has 0 unspecified atom stereocenters. The van der Waals surface area contributed by atoms with Gasteiger partial charge in [-0.05, 0) is 29.7 Å². The number of anilines is 1. The molecule has 0 saturated heterocycles. The van der Waals surface area contributed by atoms with Crippen LogP contribution in [-0.2, 0) is 24.8 Å². The lowest BCUT2D eigenvalue weighted by Crippen LogP contribution is -2.22. The van der Waals surface area contributed by atoms with E-state index in [-0.39, 0.29) is 5.91 Å². The molecule has 1 aromatic carbocycles. The minimum absolute atomic E-state index is 0.0482. The molecule has 4 nitrogen and oxygen atoms in total. The van der Waals surface area contributed by atoms with Crippen LogP contribution in [0.25, 0.3) is 0 Å². The molecule has 0 spiro atoms. The molecule has 0 bridgehead atoms. The van der Waals surface area contributed by atoms with Gasteiger partial charge >= 0.3 is 0 Å². The van der Waals surface area contributed by atoms with Gasteiger partial charge in [0.1, 0.15) is 0 Å². The van der Waals surface area contributed by atoms with Gasteiger partial charge in [-0.2, -0.15) is 0 Å². The van der Waals surface area contributed by atoms with Crippen LogP contribution in [-0.4, -0.2) is 10.5 Å². The average molecular weight is 257 g/mol. The third-order valence-corrected chi connectivity index (χ3v) is 3.06. The summed E-state index contributed by atoms with van der Waals surface area (Å²) in [6.45, 7) is 0.573. The van der Waals surface area contributed by atoms with Crippen LogP contribution in [0.3, 0.4) is 0 Å². The highest BCUT2D eigenvalue weighted by Gasteiger charge is 2.04. The SMILES string of the molecule is Cn1ccc(CNC(=O)CCc2ccccc2N)c1. The Kier molecular flexibility index (Phi) is 4.23. The first-order chi connectivity index (χ1) is 9.15. The van der Waals surface area contributed by atoms with Gasteiger partial charge in [-0.25, -0.2) is 0 Å². The molecule has 1 aromatic heterocycles. The molecule has 0 radical (unpaired) electrons. The highest BCUT2D eigenvalue weighted by Crippen LogP contribution is 2.12. The molecule has 100 valence electrons. The molecule has 0 atom stereocenters. The Morgan fingerprint density at radius 1 is 1.32 bits per heavy atom. The number of carbonyl (C=O) groups is 1. The number of rotatable bonds is 5. The third-order valence-electron chi connectivity index (χ3n) is 3.06. The summed E-state index contributed by atoms with van der Waals surface area (Å²) in [6, 6.07) is 9.65. The fraction of sp³-hybridized carbons (Fsp3) is 0.267. The van der Waals surface area contributed by atoms with E-state index in [1.54, 1.807) is 0 Å². The molecular formula is C15H19N3O. The zero-order valence-electron chi connectivity index (χ0n) is 11.1. The number of aryl methyl sites for hydroxylation is 2. The highest BCUT2D eigenvalue weighted by molar-refractivity contribution is 5.76. The van der Waals surface area contributed by atoms with Crippen LogP contribution in [0.1, 0.15) is 17.5 Å². The largest absolute Gasteiger partial charge is 0.399 e. The molecule has 0 aliphatic carbocycles. The Morgan fingerprint density at radius 3 is 2.79 bits per heavy atom. The zero-order chi connectivity index (χ0) is 13.7. The van der Waals surface area contributed by atoms with E-state index in [9.17, 15) is 4.79 Å². The second kappa shape index (κ2) is 6.09. The molecule has 0 saturated carbocycles. The Labute approximate surface area is 113 Å². The molecule has 1 amide bonds. The van der Waals surface area contributed by atoms with Crippen molar-refractivity contribution in [1.29, 1.82) is 0 Å². The average Bonchev–Trinajstić information content (AvgIpc) is 2.81. The van der Waals surface area contributed by atoms with E-state index in [0.29, 0.717) is 19.4 Å². The number of hydrogen-bond donors (Lipinski definition) is 2. The van der Waals surface area contributed by atoms with E-state index < -0.39 is 0 Å². The van der Waals surface area contributed by atoms with Gasteiger partial charge in [0, 0.05) is 38.1 Å². The lowest BCUT2D eigenvalue weighted by molar-refractivity contribution is -0.121. The zero-order valence-corrected chi connectivity index (χ0v) is 11.1. The van der Waals surface area contributed by atoms with Crippen molar-refractivity contribution in [1.82, 2.24) is 9.88 Å². The summed E-state index contributed by atoms with van der Waals surface area (Å²) in [5, 5.41) is 2.91. The first kappa shape index (κ1) is 13.2. The van der Waals surface area contributed by atoms with Crippen molar-refractivity contribution in [3.63, 3.8) is 0 Å². The summed E-state index contributed by atoms with van der Waals surface area (Å²) in [6.07, 6.45) is 5.09. The molecule has 19 heavy (non-hydrogen) atoms. The predicted molar refractivity (Wildman–Crippen MR) is 76.4 cm³/mol. The van der Waals surface area contributed by atoms with Crippen LogP contribution in [0.5, 0.6) is 0 Å². The standard InChI is InChI=1S/C15H19N3O/c1-18-9-8-12(11-18)10-17-15(19)7-6-13-4-2-3-5-14(13)16/h2-5,8-9,11H,6-7,10,16H2,1H3,(H,17,19). The number of aromatic nitrogens is 1. The minimum atomic E-state index is 0.0482. The Bertz CT molecular complexity index is 560. The monoisotopic (exact) mass is 257 g/mol. The second-order valence-electron chi connectivity index (χ2n) is 4.66. The number of nitrogens with zero attached hydrogens (tertiary/aromatic N) is 1. The van der Waals surface area contributed by atoms with Crippen LogP contribution in [0, 0.1) is 0 Å². The first-order valence-corrected chi connectivity index (χ1v) is 6.36. The van der Waals surface area contributed by atoms with E-state index in [4.69, 9.17) is 5.73 Å². The maximum Gasteiger partial charge on any atom is 0.220 e. The number of nitrogens with two attached hydrogens (primary N) is 1. The Hall–Kier alpha value is -2.23. The van der Waals surface area contributed by atoms with Gasteiger partial charge < -0.3 is 15.6 Å². The van der Waals surface area contributed by atoms with Crippen LogP contribution in [0.15, 0.2) is 42.7 Å². The quantitative estimate of drug-likeness (QED) is 0.803. The fourth-order valence-electron chi connectivity index (χ4n) is 1.96. The smallest absolute Gasteiger partial charge is 0.220 e. The number of nitrogens with one attached hydrogen (secondary N) is 1. The Morgan fingerprint density at radius 2 is 2.11 bits per heavy atom. The Balaban J connectivity index is 1.77. The lowest BCUT2D eigenvalue weighted by Gasteiger charge is -2.06. The van der Waals surface area contributed by atoms with Crippen LogP contribution in [0.4, 0.5) is 5.69 Å². The first-order valence-electron chi connectivity index (χ1n) is 6.36. The van der Waals surface area contributed by atoms with Crippen LogP contribution in [0.2, 0.25) is 0 Å². The van der Waals surface area contributed by atoms with Crippen molar-refractivity contribution in [3.8, 4) is 0 Å². The van der Waals surface area contributed by atoms with Gasteiger partial charge in [-0.15, -0.1) is 0 Å². The van der Waals surface area contributed by atoms with E-state index in [2.05, 4.69) is 5.32 Å². The molecule has 0 aliphatic heterocycles. The molecule has 4 heteroatoms. The summed E-state index contributed by atoms with van der Waals surface area (Å²) in [5.74, 6) is 0.0482. The van der Waals surface area contributed by atoms with Crippen molar-refractivity contribution in [2.24, 2.45) is 7.05 Å². The highest BCUT2D eigenvalue weighted by atomic mass is 16.1. The van der Waals surface area contributed by atoms with Crippen LogP contribution < -0.4 is 11.1 Å². The maximum atomic E-state index is 11.7. The minimum Gasteiger partial charge on any atom is -0.399 e. The van der Waals surface area contributed by atoms with Gasteiger partial charge in [0.05, 0.1) is 0 Å². The molecule has 3 N–H and O–H groups in total. The molecular weight excluding hydrogens is 238 g/mol. The summed E-state index contributed by atoms with van der Waals surface area (Å²) < 4.78 is 1.96. The van der Waals surface area contributed by atoms with E-state index >= 15 is 0 Å². The second-order valence-corrected chi connectivity index (χ2v) is 4.66. The van der Waals surface area contributed by atoms with Crippen molar-refractivity contribution >= 4 is 11.6 Å². The number of hydrogen-bond acceptors (Lipinski definition) is 2. The lowest BCUT2D eigenvalue weighted by atomic mass is 10.1. The number of amides is 1. The van der Waals surface area contributed by atoms with Gasteiger partial charge in [-0.1, -0.05) is 18.2 Å². The summed E-state index contributed by atoms with van der Waals surface area (Å²) in [4.78, 5) is 11.7. The summed E-state index contributed by atoms with van der Waals surface area (Å²) in [7, 11) is 1.96. The van der Waals surface area contributed by atoms with Gasteiger partial charge in [0.2, 0.25) is 5.91 Å². The number of carbonyl (C=O) groups excluding carboxylic acids is 1. The normalized spacial score (nSPS) is 10.4. The number of nitrogen functional groups attached to an aromatic ring is 1. The van der Waals surface area contributed by atoms with E-state index in [0.717, 1.165) is 16.8 Å². The van der Waals surface area contributed by atoms with Crippen LogP contribution >= 0.6 is 0 Å². The van der Waals surface area contributed by atoms with Crippen molar-refractivity contribution in [2.45, 2.75) is 19.4 Å². The van der Waals surface area contributed by atoms with Crippen molar-refractivity contribution in [3.05, 3.63) is 53.9 Å². The van der Waals surface area contributed by atoms with Gasteiger partial charge in [-0.3, -0.25) is 4.79 Å². The summed E-state index contributed by atoms with van der Waals surface area (Å²) in [5.41, 5.74) is 8.72. The summed E-state index contributed by atoms with van der Waals surface area (Å²) >= 11 is 0. The van der Waals surface area contributed by atoms with Crippen molar-refractivity contribution < 1.29 is 4.79 Å². The van der Waals surface area contributed by atoms with E-state index in [1.807, 2.05) is 54.3 Å². The molecule has 2 aromatic rings. The molecule has 2 rings (SSSR count). The number of benzene rings is 1. The molecule has 0 fully saturated rings. The fourth-order valence-corrected chi connectivity index (χ4v) is 1.96. The van der Waals surface area contributed by atoms with Gasteiger partial charge in [0.15, 0.2) is 0 Å². The topological polar surface area (TPSA) is 60.0 Å². The molecule has 1 heterocycles. The van der Waals surface area contributed by atoms with E-state index in [1.165, 1.54) is 0 Å². The third kappa shape index (κ3) is 3.88. The molecule has 0 aliphatic rings. The van der Waals surface area contributed by atoms with Gasteiger partial charge in [0.25, 0.3) is 0 Å². The maximum absolute atomic E-state index is 11.7.